The number of rotatable bonds is 3. The van der Waals surface area contributed by atoms with E-state index in [9.17, 15) is 4.79 Å². The van der Waals surface area contributed by atoms with Crippen LogP contribution in [0.4, 0.5) is 0 Å². The molecule has 88 valence electrons. The molecule has 1 rings (SSSR count). The lowest BCUT2D eigenvalue weighted by molar-refractivity contribution is -0.134. The molecule has 0 fully saturated rings. The molecule has 0 aliphatic rings. The molecule has 1 aromatic rings. The quantitative estimate of drug-likeness (QED) is 0.465. The summed E-state index contributed by atoms with van der Waals surface area (Å²) in [6, 6.07) is 9.68. The smallest absolute Gasteiger partial charge is 0.329 e. The van der Waals surface area contributed by atoms with E-state index in [1.54, 1.807) is 7.11 Å². The summed E-state index contributed by atoms with van der Waals surface area (Å²) in [5, 5.41) is 0. The highest BCUT2D eigenvalue weighted by Gasteiger charge is 2.02. The molecule has 1 unspecified atom stereocenters. The molecule has 1 aromatic carbocycles. The molecule has 0 heterocycles. The van der Waals surface area contributed by atoms with Crippen LogP contribution in [0.5, 0.6) is 0 Å². The van der Waals surface area contributed by atoms with E-state index in [1.165, 1.54) is 7.11 Å². The number of methoxy groups -OCH3 is 2. The van der Waals surface area contributed by atoms with Crippen LogP contribution in [0.3, 0.4) is 0 Å². The van der Waals surface area contributed by atoms with Crippen LogP contribution in [0.1, 0.15) is 11.1 Å². The van der Waals surface area contributed by atoms with Gasteiger partial charge in [0.15, 0.2) is 5.56 Å². The van der Waals surface area contributed by atoms with Crippen molar-refractivity contribution < 1.29 is 14.3 Å². The van der Waals surface area contributed by atoms with Gasteiger partial charge in [0, 0.05) is 13.2 Å². The van der Waals surface area contributed by atoms with Crippen LogP contribution >= 0.6 is 11.6 Å². The number of hydrogen-bond acceptors (Lipinski definition) is 3. The second kappa shape index (κ2) is 8.95. The van der Waals surface area contributed by atoms with Gasteiger partial charge in [0.1, 0.15) is 0 Å². The Kier molecular flexibility index (Phi) is 8.21. The predicted octanol–water partition coefficient (Wildman–Crippen LogP) is 2.92. The molecule has 0 radical (unpaired) electrons. The molecule has 4 heteroatoms. The van der Waals surface area contributed by atoms with Crippen molar-refractivity contribution in [1.82, 2.24) is 0 Å². The zero-order chi connectivity index (χ0) is 12.4. The third-order valence-corrected chi connectivity index (χ3v) is 2.07. The van der Waals surface area contributed by atoms with Crippen molar-refractivity contribution in [2.24, 2.45) is 0 Å². The van der Waals surface area contributed by atoms with Gasteiger partial charge in [-0.15, -0.1) is 0 Å². The Labute approximate surface area is 101 Å². The van der Waals surface area contributed by atoms with Crippen molar-refractivity contribution in [3.8, 4) is 0 Å². The summed E-state index contributed by atoms with van der Waals surface area (Å²) >= 11 is 5.77. The average molecular weight is 243 g/mol. The minimum Gasteiger partial charge on any atom is -0.466 e. The fraction of sp³-hybridized carbons (Fsp3) is 0.250. The van der Waals surface area contributed by atoms with Crippen LogP contribution in [-0.4, -0.2) is 20.2 Å². The first-order valence-electron chi connectivity index (χ1n) is 4.57. The Bertz CT molecular complexity index is 311. The van der Waals surface area contributed by atoms with Crippen molar-refractivity contribution in [2.75, 3.05) is 14.2 Å². The third kappa shape index (κ3) is 6.22. The molecule has 0 aliphatic carbocycles. The Morgan fingerprint density at radius 3 is 2.25 bits per heavy atom. The first-order valence-corrected chi connectivity index (χ1v) is 5.01. The van der Waals surface area contributed by atoms with Crippen molar-refractivity contribution in [1.29, 1.82) is 0 Å². The molecule has 0 saturated heterocycles. The van der Waals surface area contributed by atoms with Crippen LogP contribution in [0.25, 0.3) is 0 Å². The van der Waals surface area contributed by atoms with Crippen LogP contribution < -0.4 is 0 Å². The van der Waals surface area contributed by atoms with E-state index in [0.29, 0.717) is 0 Å². The maximum atomic E-state index is 9.84. The van der Waals surface area contributed by atoms with Crippen LogP contribution in [0.15, 0.2) is 43.0 Å². The Morgan fingerprint density at radius 2 is 1.94 bits per heavy atom. The van der Waals surface area contributed by atoms with Gasteiger partial charge in [-0.1, -0.05) is 48.5 Å². The SMILES string of the molecule is C=CC(=O)OC.COC(Cl)c1ccccc1. The summed E-state index contributed by atoms with van der Waals surface area (Å²) in [6.45, 7) is 3.16. The van der Waals surface area contributed by atoms with Gasteiger partial charge in [-0.05, 0) is 5.56 Å². The van der Waals surface area contributed by atoms with Gasteiger partial charge in [0.25, 0.3) is 0 Å². The number of carbonyl (C=O) groups excluding carboxylic acids is 1. The van der Waals surface area contributed by atoms with Crippen LogP contribution in [0.2, 0.25) is 0 Å². The van der Waals surface area contributed by atoms with E-state index in [4.69, 9.17) is 16.3 Å². The molecule has 0 N–H and O–H groups in total. The largest absolute Gasteiger partial charge is 0.466 e. The summed E-state index contributed by atoms with van der Waals surface area (Å²) in [4.78, 5) is 9.84. The minimum absolute atomic E-state index is 0.318. The highest BCUT2D eigenvalue weighted by Crippen LogP contribution is 2.19. The average Bonchev–Trinajstić information content (AvgIpc) is 2.38. The second-order valence-corrected chi connectivity index (χ2v) is 3.09. The molecule has 0 saturated carbocycles. The molecular formula is C12H15ClO3. The monoisotopic (exact) mass is 242 g/mol. The van der Waals surface area contributed by atoms with E-state index in [1.807, 2.05) is 30.3 Å². The van der Waals surface area contributed by atoms with Gasteiger partial charge >= 0.3 is 5.97 Å². The minimum atomic E-state index is -0.394. The highest BCUT2D eigenvalue weighted by molar-refractivity contribution is 6.19. The van der Waals surface area contributed by atoms with Gasteiger partial charge in [-0.3, -0.25) is 0 Å². The summed E-state index contributed by atoms with van der Waals surface area (Å²) in [6.07, 6.45) is 1.11. The molecular weight excluding hydrogens is 228 g/mol. The number of carbonyl (C=O) groups is 1. The van der Waals surface area contributed by atoms with Crippen molar-refractivity contribution in [2.45, 2.75) is 5.56 Å². The van der Waals surface area contributed by atoms with Gasteiger partial charge in [0.05, 0.1) is 7.11 Å². The number of alkyl halides is 1. The lowest BCUT2D eigenvalue weighted by atomic mass is 10.2. The number of esters is 1. The molecule has 1 atom stereocenters. The maximum Gasteiger partial charge on any atom is 0.329 e. The number of hydrogen-bond donors (Lipinski definition) is 0. The van der Waals surface area contributed by atoms with Gasteiger partial charge in [-0.2, -0.15) is 0 Å². The highest BCUT2D eigenvalue weighted by atomic mass is 35.5. The topological polar surface area (TPSA) is 35.5 Å². The first-order chi connectivity index (χ1) is 7.65. The normalized spacial score (nSPS) is 10.7. The predicted molar refractivity (Wildman–Crippen MR) is 64.3 cm³/mol. The summed E-state index contributed by atoms with van der Waals surface area (Å²) in [5.41, 5.74) is 0.674. The second-order valence-electron chi connectivity index (χ2n) is 2.69. The van der Waals surface area contributed by atoms with Gasteiger partial charge in [-0.25, -0.2) is 4.79 Å². The number of ether oxygens (including phenoxy) is 2. The van der Waals surface area contributed by atoms with E-state index in [2.05, 4.69) is 11.3 Å². The lowest BCUT2D eigenvalue weighted by Gasteiger charge is -2.05. The van der Waals surface area contributed by atoms with Crippen molar-refractivity contribution >= 4 is 17.6 Å². The fourth-order valence-corrected chi connectivity index (χ4v) is 0.969. The Balaban J connectivity index is 0.000000325. The molecule has 0 aliphatic heterocycles. The maximum absolute atomic E-state index is 9.84. The Morgan fingerprint density at radius 1 is 1.38 bits per heavy atom. The zero-order valence-electron chi connectivity index (χ0n) is 9.35. The Hall–Kier alpha value is -1.32. The third-order valence-electron chi connectivity index (χ3n) is 1.64. The fourth-order valence-electron chi connectivity index (χ4n) is 0.824. The van der Waals surface area contributed by atoms with Crippen molar-refractivity contribution in [3.05, 3.63) is 48.6 Å². The molecule has 16 heavy (non-hydrogen) atoms. The van der Waals surface area contributed by atoms with Gasteiger partial charge < -0.3 is 9.47 Å². The zero-order valence-corrected chi connectivity index (χ0v) is 10.1. The summed E-state index contributed by atoms with van der Waals surface area (Å²) in [7, 11) is 2.90. The standard InChI is InChI=1S/C8H9ClO.C4H6O2/c1-10-8(9)7-5-3-2-4-6-7;1-3-4(5)6-2/h2-6,8H,1H3;3H,1H2,2H3. The molecule has 0 aromatic heterocycles. The molecule has 0 bridgehead atoms. The van der Waals surface area contributed by atoms with E-state index in [0.717, 1.165) is 11.6 Å². The molecule has 0 amide bonds. The van der Waals surface area contributed by atoms with Crippen LogP contribution in [0, 0.1) is 0 Å². The van der Waals surface area contributed by atoms with E-state index < -0.39 is 5.97 Å². The summed E-state index contributed by atoms with van der Waals surface area (Å²) in [5.74, 6) is -0.394. The van der Waals surface area contributed by atoms with E-state index >= 15 is 0 Å². The van der Waals surface area contributed by atoms with Gasteiger partial charge in [0.2, 0.25) is 0 Å². The summed E-state index contributed by atoms with van der Waals surface area (Å²) < 4.78 is 9.04. The number of benzene rings is 1. The molecule has 3 nitrogen and oxygen atoms in total. The first kappa shape index (κ1) is 14.7. The number of halogens is 1. The lowest BCUT2D eigenvalue weighted by Crippen LogP contribution is -1.91. The van der Waals surface area contributed by atoms with E-state index in [-0.39, 0.29) is 5.56 Å². The van der Waals surface area contributed by atoms with Crippen LogP contribution in [-0.2, 0) is 14.3 Å². The van der Waals surface area contributed by atoms with Crippen molar-refractivity contribution in [3.63, 3.8) is 0 Å². The molecule has 0 spiro atoms.